The van der Waals surface area contributed by atoms with E-state index < -0.39 is 54.2 Å². The molecule has 0 spiro atoms. The second-order valence-corrected chi connectivity index (χ2v) is 11.0. The summed E-state index contributed by atoms with van der Waals surface area (Å²) in [5.41, 5.74) is 1.66. The molecule has 1 amide bonds. The number of ether oxygens (including phenoxy) is 1. The minimum Gasteiger partial charge on any atom is -0.458 e. The second-order valence-electron chi connectivity index (χ2n) is 9.96. The van der Waals surface area contributed by atoms with Crippen LogP contribution >= 0.6 is 11.8 Å². The molecule has 0 saturated heterocycles. The molecule has 5 rings (SSSR count). The molecule has 0 bridgehead atoms. The molecule has 0 aliphatic carbocycles. The van der Waals surface area contributed by atoms with Gasteiger partial charge in [-0.15, -0.1) is 11.8 Å². The Hall–Kier alpha value is -3.44. The SMILES string of the molecule is CC(C)C(O)Oc1c2n(ccc1=O)N([C@H]1c3ccccc3CSc3ccccc31)CN([C@H](C)C(F)(F)F)C2=O. The van der Waals surface area contributed by atoms with Crippen LogP contribution in [-0.2, 0) is 5.75 Å². The zero-order valence-electron chi connectivity index (χ0n) is 21.6. The average Bonchev–Trinajstić information content (AvgIpc) is 3.06. The van der Waals surface area contributed by atoms with Crippen LogP contribution < -0.4 is 15.2 Å². The number of aliphatic hydroxyl groups is 1. The normalized spacial score (nSPS) is 18.7. The highest BCUT2D eigenvalue weighted by Gasteiger charge is 2.48. The molecule has 2 aliphatic rings. The number of hydrogen-bond donors (Lipinski definition) is 1. The number of rotatable bonds is 5. The summed E-state index contributed by atoms with van der Waals surface area (Å²) in [6.07, 6.45) is -4.79. The van der Waals surface area contributed by atoms with Crippen LogP contribution in [0.1, 0.15) is 54.0 Å². The molecule has 1 N–H and O–H groups in total. The van der Waals surface area contributed by atoms with Crippen LogP contribution in [0.15, 0.2) is 70.5 Å². The number of fused-ring (bicyclic) bond motifs is 3. The molecule has 2 aliphatic heterocycles. The summed E-state index contributed by atoms with van der Waals surface area (Å²) in [6, 6.07) is 13.8. The number of alkyl halides is 3. The largest absolute Gasteiger partial charge is 0.458 e. The topological polar surface area (TPSA) is 75.0 Å². The predicted molar refractivity (Wildman–Crippen MR) is 141 cm³/mol. The number of aliphatic hydroxyl groups excluding tert-OH is 1. The highest BCUT2D eigenvalue weighted by molar-refractivity contribution is 7.98. The van der Waals surface area contributed by atoms with E-state index in [1.54, 1.807) is 30.6 Å². The van der Waals surface area contributed by atoms with E-state index in [-0.39, 0.29) is 5.69 Å². The van der Waals surface area contributed by atoms with E-state index in [9.17, 15) is 27.9 Å². The summed E-state index contributed by atoms with van der Waals surface area (Å²) in [5.74, 6) is -1.28. The number of pyridine rings is 1. The van der Waals surface area contributed by atoms with Crippen molar-refractivity contribution in [3.05, 3.63) is 93.4 Å². The lowest BCUT2D eigenvalue weighted by Gasteiger charge is -2.46. The lowest BCUT2D eigenvalue weighted by atomic mass is 9.94. The lowest BCUT2D eigenvalue weighted by molar-refractivity contribution is -0.173. The highest BCUT2D eigenvalue weighted by Crippen LogP contribution is 2.43. The molecule has 39 heavy (non-hydrogen) atoms. The van der Waals surface area contributed by atoms with Gasteiger partial charge in [-0.05, 0) is 29.7 Å². The van der Waals surface area contributed by atoms with Crippen LogP contribution in [0.25, 0.3) is 0 Å². The lowest BCUT2D eigenvalue weighted by Crippen LogP contribution is -2.60. The van der Waals surface area contributed by atoms with Gasteiger partial charge in [-0.3, -0.25) is 19.3 Å². The van der Waals surface area contributed by atoms with Crippen molar-refractivity contribution in [1.82, 2.24) is 9.58 Å². The van der Waals surface area contributed by atoms with Crippen molar-refractivity contribution in [3.8, 4) is 5.75 Å². The Kier molecular flexibility index (Phi) is 7.15. The minimum absolute atomic E-state index is 0.364. The van der Waals surface area contributed by atoms with Crippen LogP contribution in [0.4, 0.5) is 13.2 Å². The zero-order valence-corrected chi connectivity index (χ0v) is 22.4. The maximum atomic E-state index is 14.0. The maximum absolute atomic E-state index is 14.0. The van der Waals surface area contributed by atoms with Crippen molar-refractivity contribution < 1.29 is 27.8 Å². The summed E-state index contributed by atoms with van der Waals surface area (Å²) in [5, 5.41) is 12.1. The highest BCUT2D eigenvalue weighted by atomic mass is 32.2. The Balaban J connectivity index is 1.77. The molecule has 3 heterocycles. The number of aromatic nitrogens is 1. The Labute approximate surface area is 227 Å². The monoisotopic (exact) mass is 559 g/mol. The molecule has 206 valence electrons. The van der Waals surface area contributed by atoms with E-state index in [1.165, 1.54) is 16.9 Å². The Morgan fingerprint density at radius 3 is 2.36 bits per heavy atom. The van der Waals surface area contributed by atoms with Crippen molar-refractivity contribution in [3.63, 3.8) is 0 Å². The standard InChI is InChI=1S/C28H28F3N3O4S/c1-16(2)27(37)38-25-21(35)12-13-33-24(25)26(36)32(17(3)28(29,30)31)15-34(33)23-19-9-5-4-8-18(19)14-39-22-11-7-6-10-20(22)23/h4-13,16-17,23,27,37H,14-15H2,1-3H3/t17-,23+,27?/m1/s1. The van der Waals surface area contributed by atoms with Gasteiger partial charge in [-0.25, -0.2) is 0 Å². The molecule has 0 radical (unpaired) electrons. The van der Waals surface area contributed by atoms with Crippen LogP contribution in [0.2, 0.25) is 0 Å². The van der Waals surface area contributed by atoms with Crippen LogP contribution in [0, 0.1) is 5.92 Å². The molecule has 3 atom stereocenters. The van der Waals surface area contributed by atoms with Crippen LogP contribution in [0.5, 0.6) is 5.75 Å². The van der Waals surface area contributed by atoms with E-state index in [0.29, 0.717) is 10.7 Å². The van der Waals surface area contributed by atoms with Gasteiger partial charge in [-0.1, -0.05) is 56.3 Å². The first-order valence-corrected chi connectivity index (χ1v) is 13.5. The van der Waals surface area contributed by atoms with Gasteiger partial charge in [0, 0.05) is 28.8 Å². The molecule has 0 fully saturated rings. The number of amides is 1. The Bertz CT molecular complexity index is 1410. The fourth-order valence-corrected chi connectivity index (χ4v) is 5.90. The summed E-state index contributed by atoms with van der Waals surface area (Å²) >= 11 is 1.63. The molecule has 3 aromatic rings. The number of benzene rings is 2. The third-order valence-electron chi connectivity index (χ3n) is 7.07. The molecule has 11 heteroatoms. The van der Waals surface area contributed by atoms with Gasteiger partial charge in [0.2, 0.25) is 11.2 Å². The predicted octanol–water partition coefficient (Wildman–Crippen LogP) is 4.90. The van der Waals surface area contributed by atoms with Crippen molar-refractivity contribution in [2.24, 2.45) is 5.92 Å². The van der Waals surface area contributed by atoms with E-state index in [4.69, 9.17) is 4.74 Å². The van der Waals surface area contributed by atoms with Gasteiger partial charge in [0.25, 0.3) is 5.91 Å². The first-order chi connectivity index (χ1) is 18.5. The van der Waals surface area contributed by atoms with E-state index in [0.717, 1.165) is 28.5 Å². The molecule has 1 unspecified atom stereocenters. The van der Waals surface area contributed by atoms with Gasteiger partial charge < -0.3 is 14.7 Å². The smallest absolute Gasteiger partial charge is 0.408 e. The first-order valence-electron chi connectivity index (χ1n) is 12.5. The third-order valence-corrected chi connectivity index (χ3v) is 8.21. The van der Waals surface area contributed by atoms with Crippen LogP contribution in [0.3, 0.4) is 0 Å². The van der Waals surface area contributed by atoms with Gasteiger partial charge in [-0.2, -0.15) is 13.2 Å². The number of carbonyl (C=O) groups is 1. The minimum atomic E-state index is -4.72. The number of halogens is 3. The zero-order chi connectivity index (χ0) is 28.1. The van der Waals surface area contributed by atoms with Crippen molar-refractivity contribution >= 4 is 17.7 Å². The van der Waals surface area contributed by atoms with Crippen molar-refractivity contribution in [2.75, 3.05) is 11.7 Å². The van der Waals surface area contributed by atoms with E-state index in [2.05, 4.69) is 0 Å². The molecule has 2 aromatic carbocycles. The Morgan fingerprint density at radius 2 is 1.67 bits per heavy atom. The van der Waals surface area contributed by atoms with Gasteiger partial charge >= 0.3 is 6.18 Å². The summed E-state index contributed by atoms with van der Waals surface area (Å²) < 4.78 is 49.1. The maximum Gasteiger partial charge on any atom is 0.408 e. The summed E-state index contributed by atoms with van der Waals surface area (Å²) in [7, 11) is 0. The quantitative estimate of drug-likeness (QED) is 0.449. The van der Waals surface area contributed by atoms with Crippen molar-refractivity contribution in [2.45, 2.75) is 56.0 Å². The van der Waals surface area contributed by atoms with E-state index in [1.807, 2.05) is 48.5 Å². The van der Waals surface area contributed by atoms with Gasteiger partial charge in [0.15, 0.2) is 12.0 Å². The second kappa shape index (κ2) is 10.3. The molecule has 1 aromatic heterocycles. The van der Waals surface area contributed by atoms with E-state index >= 15 is 0 Å². The fraction of sp³-hybridized carbons (Fsp3) is 0.357. The average molecular weight is 560 g/mol. The fourth-order valence-electron chi connectivity index (χ4n) is 4.81. The number of hydrogen-bond acceptors (Lipinski definition) is 6. The molecule has 7 nitrogen and oxygen atoms in total. The Morgan fingerprint density at radius 1 is 1.00 bits per heavy atom. The van der Waals surface area contributed by atoms with Gasteiger partial charge in [0.05, 0.1) is 6.04 Å². The molecular weight excluding hydrogens is 531 g/mol. The van der Waals surface area contributed by atoms with Crippen molar-refractivity contribution in [1.29, 1.82) is 0 Å². The molecular formula is C28H28F3N3O4S. The summed E-state index contributed by atoms with van der Waals surface area (Å²) in [4.78, 5) is 28.3. The first kappa shape index (κ1) is 27.1. The number of carbonyl (C=O) groups excluding carboxylic acids is 1. The number of thioether (sulfide) groups is 1. The third kappa shape index (κ3) is 4.89. The summed E-state index contributed by atoms with van der Waals surface area (Å²) in [6.45, 7) is 3.82. The van der Waals surface area contributed by atoms with Crippen LogP contribution in [-0.4, -0.2) is 45.8 Å². The van der Waals surface area contributed by atoms with Gasteiger partial charge in [0.1, 0.15) is 12.7 Å². The molecule has 0 saturated carbocycles. The number of nitrogens with zero attached hydrogens (tertiary/aromatic N) is 3.